The third-order valence-corrected chi connectivity index (χ3v) is 7.24. The molecule has 0 radical (unpaired) electrons. The lowest BCUT2D eigenvalue weighted by molar-refractivity contribution is -0.115. The summed E-state index contributed by atoms with van der Waals surface area (Å²) in [4.78, 5) is 16.1. The molecule has 2 N–H and O–H groups in total. The first-order chi connectivity index (χ1) is 13.3. The molecule has 3 rings (SSSR count). The van der Waals surface area contributed by atoms with Crippen molar-refractivity contribution in [1.29, 1.82) is 0 Å². The molecule has 1 heterocycles. The van der Waals surface area contributed by atoms with Gasteiger partial charge in [-0.25, -0.2) is 13.4 Å². The van der Waals surface area contributed by atoms with Gasteiger partial charge in [-0.2, -0.15) is 0 Å². The number of hydrogen-bond donors (Lipinski definition) is 2. The van der Waals surface area contributed by atoms with E-state index in [1.807, 2.05) is 6.07 Å². The summed E-state index contributed by atoms with van der Waals surface area (Å²) in [6.45, 7) is 5.97. The van der Waals surface area contributed by atoms with Crippen molar-refractivity contribution in [2.24, 2.45) is 0 Å². The lowest BCUT2D eigenvalue weighted by Crippen LogP contribution is -2.13. The van der Waals surface area contributed by atoms with Crippen LogP contribution in [0.1, 0.15) is 27.2 Å². The van der Waals surface area contributed by atoms with Gasteiger partial charge in [0.25, 0.3) is 10.0 Å². The number of thioether (sulfide) groups is 1. The van der Waals surface area contributed by atoms with Gasteiger partial charge in [0, 0.05) is 17.4 Å². The molecule has 0 aliphatic heterocycles. The molecule has 6 nitrogen and oxygen atoms in total. The topological polar surface area (TPSA) is 88.2 Å². The number of thiazole rings is 1. The minimum absolute atomic E-state index is 0.124. The van der Waals surface area contributed by atoms with Crippen LogP contribution in [-0.2, 0) is 14.8 Å². The normalized spacial score (nSPS) is 11.7. The Morgan fingerprint density at radius 1 is 1.14 bits per heavy atom. The zero-order valence-electron chi connectivity index (χ0n) is 15.7. The molecule has 0 aliphatic rings. The van der Waals surface area contributed by atoms with Crippen LogP contribution in [0.4, 0.5) is 11.4 Å². The van der Waals surface area contributed by atoms with Gasteiger partial charge in [0.1, 0.15) is 0 Å². The minimum atomic E-state index is -3.73. The summed E-state index contributed by atoms with van der Waals surface area (Å²) in [6, 6.07) is 11.4. The Hall–Kier alpha value is -2.10. The van der Waals surface area contributed by atoms with Gasteiger partial charge in [0.15, 0.2) is 4.34 Å². The predicted octanol–water partition coefficient (Wildman–Crippen LogP) is 4.95. The second kappa shape index (κ2) is 8.50. The molecule has 0 aliphatic carbocycles. The maximum absolute atomic E-state index is 12.7. The lowest BCUT2D eigenvalue weighted by Gasteiger charge is -2.09. The molecule has 3 aromatic rings. The average molecular weight is 436 g/mol. The first-order valence-corrected chi connectivity index (χ1v) is 11.9. The van der Waals surface area contributed by atoms with Gasteiger partial charge in [-0.05, 0) is 42.5 Å². The number of carbonyl (C=O) groups excluding carboxylic acids is 1. The molecule has 1 aromatic heterocycles. The monoisotopic (exact) mass is 435 g/mol. The number of nitrogens with one attached hydrogen (secondary N) is 2. The number of rotatable bonds is 7. The van der Waals surface area contributed by atoms with Crippen molar-refractivity contribution in [1.82, 2.24) is 4.98 Å². The lowest BCUT2D eigenvalue weighted by atomic mass is 10.3. The Morgan fingerprint density at radius 2 is 1.82 bits per heavy atom. The van der Waals surface area contributed by atoms with Gasteiger partial charge in [-0.3, -0.25) is 9.52 Å². The Labute approximate surface area is 172 Å². The summed E-state index contributed by atoms with van der Waals surface area (Å²) in [6.07, 6.45) is 0.360. The van der Waals surface area contributed by atoms with E-state index in [9.17, 15) is 13.2 Å². The minimum Gasteiger partial charge on any atom is -0.326 e. The molecule has 0 spiro atoms. The van der Waals surface area contributed by atoms with Gasteiger partial charge >= 0.3 is 0 Å². The molecule has 28 heavy (non-hydrogen) atoms. The highest BCUT2D eigenvalue weighted by molar-refractivity contribution is 8.01. The molecule has 0 saturated heterocycles. The third kappa shape index (κ3) is 5.03. The van der Waals surface area contributed by atoms with Crippen LogP contribution in [0.5, 0.6) is 0 Å². The smallest absolute Gasteiger partial charge is 0.261 e. The molecule has 9 heteroatoms. The molecule has 0 unspecified atom stereocenters. The van der Waals surface area contributed by atoms with E-state index in [0.29, 0.717) is 23.0 Å². The standard InChI is InChI=1S/C19H21N3O3S3/c1-4-18(23)20-13-5-8-15(9-6-13)28(24,25)22-14-7-10-16-17(11-14)27-19(21-16)26-12(2)3/h5-12,22H,4H2,1-3H3,(H,20,23). The maximum Gasteiger partial charge on any atom is 0.261 e. The van der Waals surface area contributed by atoms with Crippen LogP contribution in [0.15, 0.2) is 51.7 Å². The maximum atomic E-state index is 12.7. The number of fused-ring (bicyclic) bond motifs is 1. The molecular weight excluding hydrogens is 414 g/mol. The summed E-state index contributed by atoms with van der Waals surface area (Å²) >= 11 is 3.23. The van der Waals surface area contributed by atoms with E-state index in [1.165, 1.54) is 12.1 Å². The van der Waals surface area contributed by atoms with E-state index in [1.54, 1.807) is 54.3 Å². The van der Waals surface area contributed by atoms with Crippen molar-refractivity contribution in [2.75, 3.05) is 10.0 Å². The van der Waals surface area contributed by atoms with E-state index in [2.05, 4.69) is 28.9 Å². The SMILES string of the molecule is CCC(=O)Nc1ccc(S(=O)(=O)Nc2ccc3nc(SC(C)C)sc3c2)cc1. The van der Waals surface area contributed by atoms with Gasteiger partial charge in [-0.1, -0.05) is 32.5 Å². The highest BCUT2D eigenvalue weighted by Crippen LogP contribution is 2.33. The van der Waals surface area contributed by atoms with Crippen LogP contribution in [0, 0.1) is 0 Å². The van der Waals surface area contributed by atoms with E-state index in [-0.39, 0.29) is 10.8 Å². The second-order valence-electron chi connectivity index (χ2n) is 6.36. The van der Waals surface area contributed by atoms with Crippen LogP contribution >= 0.6 is 23.1 Å². The number of hydrogen-bond acceptors (Lipinski definition) is 6. The zero-order valence-corrected chi connectivity index (χ0v) is 18.2. The van der Waals surface area contributed by atoms with Crippen molar-refractivity contribution in [3.8, 4) is 0 Å². The van der Waals surface area contributed by atoms with Crippen LogP contribution in [-0.4, -0.2) is 24.6 Å². The first kappa shape index (κ1) is 20.6. The molecular formula is C19H21N3O3S3. The van der Waals surface area contributed by atoms with Crippen LogP contribution in [0.2, 0.25) is 0 Å². The van der Waals surface area contributed by atoms with E-state index < -0.39 is 10.0 Å². The Morgan fingerprint density at radius 3 is 2.46 bits per heavy atom. The van der Waals surface area contributed by atoms with Gasteiger partial charge in [0.2, 0.25) is 5.91 Å². The summed E-state index contributed by atoms with van der Waals surface area (Å²) in [5.74, 6) is -0.124. The highest BCUT2D eigenvalue weighted by Gasteiger charge is 2.15. The third-order valence-electron chi connectivity index (χ3n) is 3.73. The number of nitrogens with zero attached hydrogens (tertiary/aromatic N) is 1. The fourth-order valence-electron chi connectivity index (χ4n) is 2.40. The van der Waals surface area contributed by atoms with Gasteiger partial charge in [0.05, 0.1) is 20.8 Å². The highest BCUT2D eigenvalue weighted by atomic mass is 32.2. The first-order valence-electron chi connectivity index (χ1n) is 8.77. The number of benzene rings is 2. The summed E-state index contributed by atoms with van der Waals surface area (Å²) in [7, 11) is -3.73. The van der Waals surface area contributed by atoms with Crippen LogP contribution in [0.3, 0.4) is 0 Å². The Bertz CT molecular complexity index is 1090. The quantitative estimate of drug-likeness (QED) is 0.513. The van der Waals surface area contributed by atoms with Crippen molar-refractivity contribution >= 4 is 60.6 Å². The zero-order chi connectivity index (χ0) is 20.3. The summed E-state index contributed by atoms with van der Waals surface area (Å²) < 4.78 is 29.8. The number of carbonyl (C=O) groups is 1. The molecule has 0 bridgehead atoms. The number of sulfonamides is 1. The van der Waals surface area contributed by atoms with E-state index in [0.717, 1.165) is 14.6 Å². The molecule has 0 saturated carbocycles. The fourth-order valence-corrected chi connectivity index (χ4v) is 5.78. The summed E-state index contributed by atoms with van der Waals surface area (Å²) in [5.41, 5.74) is 1.90. The largest absolute Gasteiger partial charge is 0.326 e. The van der Waals surface area contributed by atoms with Gasteiger partial charge in [-0.15, -0.1) is 11.3 Å². The fraction of sp³-hybridized carbons (Fsp3) is 0.263. The van der Waals surface area contributed by atoms with Crippen molar-refractivity contribution in [2.45, 2.75) is 41.7 Å². The number of amides is 1. The molecule has 0 fully saturated rings. The molecule has 1 amide bonds. The Balaban J connectivity index is 1.78. The van der Waals surface area contributed by atoms with Crippen molar-refractivity contribution in [3.05, 3.63) is 42.5 Å². The van der Waals surface area contributed by atoms with Crippen LogP contribution < -0.4 is 10.0 Å². The molecule has 0 atom stereocenters. The molecule has 148 valence electrons. The average Bonchev–Trinajstić information content (AvgIpc) is 3.02. The van der Waals surface area contributed by atoms with Gasteiger partial charge < -0.3 is 5.32 Å². The number of aromatic nitrogens is 1. The van der Waals surface area contributed by atoms with Crippen LogP contribution in [0.25, 0.3) is 10.2 Å². The predicted molar refractivity (Wildman–Crippen MR) is 117 cm³/mol. The summed E-state index contributed by atoms with van der Waals surface area (Å²) in [5, 5.41) is 3.13. The van der Waals surface area contributed by atoms with E-state index in [4.69, 9.17) is 0 Å². The Kier molecular flexibility index (Phi) is 6.26. The second-order valence-corrected chi connectivity index (χ2v) is 10.9. The number of anilines is 2. The molecule has 2 aromatic carbocycles. The van der Waals surface area contributed by atoms with E-state index >= 15 is 0 Å². The van der Waals surface area contributed by atoms with Crippen molar-refractivity contribution in [3.63, 3.8) is 0 Å². The van der Waals surface area contributed by atoms with Crippen molar-refractivity contribution < 1.29 is 13.2 Å².